The second kappa shape index (κ2) is 5.83. The van der Waals surface area contributed by atoms with Gasteiger partial charge in [0.15, 0.2) is 0 Å². The van der Waals surface area contributed by atoms with Gasteiger partial charge in [0.2, 0.25) is 5.91 Å². The van der Waals surface area contributed by atoms with Gasteiger partial charge in [-0.15, -0.1) is 0 Å². The van der Waals surface area contributed by atoms with Crippen molar-refractivity contribution in [3.05, 3.63) is 29.8 Å². The number of primary amides is 1. The number of hydrogen-bond donors (Lipinski definition) is 3. The maximum absolute atomic E-state index is 11.3. The van der Waals surface area contributed by atoms with Gasteiger partial charge in [0.25, 0.3) is 0 Å². The number of rotatable bonds is 3. The molecule has 1 heterocycles. The first kappa shape index (κ1) is 13.4. The molecule has 4 heteroatoms. The fourth-order valence-electron chi connectivity index (χ4n) is 3.50. The van der Waals surface area contributed by atoms with E-state index in [4.69, 9.17) is 5.73 Å². The maximum atomic E-state index is 11.3. The first-order chi connectivity index (χ1) is 9.74. The molecule has 1 aromatic carbocycles. The van der Waals surface area contributed by atoms with Crippen molar-refractivity contribution in [2.75, 3.05) is 11.9 Å². The topological polar surface area (TPSA) is 67.2 Å². The molecule has 3 rings (SSSR count). The third-order valence-corrected chi connectivity index (χ3v) is 4.59. The quantitative estimate of drug-likeness (QED) is 0.790. The number of para-hydroxylation sites is 1. The summed E-state index contributed by atoms with van der Waals surface area (Å²) in [4.78, 5) is 11.3. The summed E-state index contributed by atoms with van der Waals surface area (Å²) in [6, 6.07) is 9.33. The van der Waals surface area contributed by atoms with Crippen LogP contribution in [0.2, 0.25) is 0 Å². The average molecular weight is 273 g/mol. The van der Waals surface area contributed by atoms with Crippen LogP contribution in [0.5, 0.6) is 0 Å². The van der Waals surface area contributed by atoms with Crippen molar-refractivity contribution in [3.63, 3.8) is 0 Å². The van der Waals surface area contributed by atoms with Crippen molar-refractivity contribution in [1.82, 2.24) is 5.32 Å². The standard InChI is InChI=1S/C16H23N3O/c17-16(20)11-7-8-12(10-11)19-15-6-3-9-18-14-5-2-1-4-13(14)15/h1-2,4-5,11-12,15,18-19H,3,6-10H2,(H2,17,20)/t11-,12+,15?/m1/s1. The summed E-state index contributed by atoms with van der Waals surface area (Å²) >= 11 is 0. The largest absolute Gasteiger partial charge is 0.385 e. The highest BCUT2D eigenvalue weighted by Crippen LogP contribution is 2.32. The molecule has 4 nitrogen and oxygen atoms in total. The molecular weight excluding hydrogens is 250 g/mol. The Morgan fingerprint density at radius 2 is 2.10 bits per heavy atom. The van der Waals surface area contributed by atoms with Gasteiger partial charge in [-0.1, -0.05) is 18.2 Å². The van der Waals surface area contributed by atoms with Gasteiger partial charge in [-0.2, -0.15) is 0 Å². The monoisotopic (exact) mass is 273 g/mol. The lowest BCUT2D eigenvalue weighted by Gasteiger charge is -2.23. The molecule has 1 amide bonds. The minimum atomic E-state index is -0.141. The normalized spacial score (nSPS) is 29.3. The molecule has 0 aromatic heterocycles. The van der Waals surface area contributed by atoms with Crippen LogP contribution in [-0.4, -0.2) is 18.5 Å². The number of fused-ring (bicyclic) bond motifs is 1. The van der Waals surface area contributed by atoms with Crippen molar-refractivity contribution < 1.29 is 4.79 Å². The van der Waals surface area contributed by atoms with Crippen LogP contribution in [0.3, 0.4) is 0 Å². The highest BCUT2D eigenvalue weighted by atomic mass is 16.1. The van der Waals surface area contributed by atoms with Gasteiger partial charge >= 0.3 is 0 Å². The van der Waals surface area contributed by atoms with Gasteiger partial charge in [0.1, 0.15) is 0 Å². The zero-order valence-corrected chi connectivity index (χ0v) is 11.8. The predicted molar refractivity (Wildman–Crippen MR) is 80.4 cm³/mol. The number of nitrogens with two attached hydrogens (primary N) is 1. The lowest BCUT2D eigenvalue weighted by molar-refractivity contribution is -0.121. The summed E-state index contributed by atoms with van der Waals surface area (Å²) in [5.74, 6) is -0.0797. The van der Waals surface area contributed by atoms with Crippen LogP contribution in [0.4, 0.5) is 5.69 Å². The third-order valence-electron chi connectivity index (χ3n) is 4.59. The minimum Gasteiger partial charge on any atom is -0.385 e. The molecule has 1 aromatic rings. The lowest BCUT2D eigenvalue weighted by atomic mass is 10.00. The molecule has 4 N–H and O–H groups in total. The Morgan fingerprint density at radius 3 is 2.90 bits per heavy atom. The number of hydrogen-bond acceptors (Lipinski definition) is 3. The molecule has 0 spiro atoms. The van der Waals surface area contributed by atoms with Crippen LogP contribution in [-0.2, 0) is 4.79 Å². The Morgan fingerprint density at radius 1 is 1.25 bits per heavy atom. The van der Waals surface area contributed by atoms with Crippen molar-refractivity contribution >= 4 is 11.6 Å². The number of carbonyl (C=O) groups is 1. The molecule has 3 atom stereocenters. The molecule has 1 fully saturated rings. The number of benzene rings is 1. The minimum absolute atomic E-state index is 0.0617. The summed E-state index contributed by atoms with van der Waals surface area (Å²) < 4.78 is 0. The molecule has 0 radical (unpaired) electrons. The van der Waals surface area contributed by atoms with E-state index in [1.54, 1.807) is 0 Å². The SMILES string of the molecule is NC(=O)[C@@H]1CC[C@H](NC2CCCNc3ccccc32)C1. The van der Waals surface area contributed by atoms with Crippen molar-refractivity contribution in [1.29, 1.82) is 0 Å². The van der Waals surface area contributed by atoms with Crippen LogP contribution >= 0.6 is 0 Å². The van der Waals surface area contributed by atoms with E-state index < -0.39 is 0 Å². The number of amides is 1. The van der Waals surface area contributed by atoms with E-state index in [1.807, 2.05) is 0 Å². The van der Waals surface area contributed by atoms with Crippen molar-refractivity contribution in [2.45, 2.75) is 44.2 Å². The fourth-order valence-corrected chi connectivity index (χ4v) is 3.50. The Balaban J connectivity index is 1.70. The van der Waals surface area contributed by atoms with Crippen LogP contribution < -0.4 is 16.4 Å². The van der Waals surface area contributed by atoms with Crippen LogP contribution in [0.15, 0.2) is 24.3 Å². The van der Waals surface area contributed by atoms with Crippen LogP contribution in [0.1, 0.15) is 43.7 Å². The van der Waals surface area contributed by atoms with E-state index in [-0.39, 0.29) is 11.8 Å². The van der Waals surface area contributed by atoms with E-state index in [0.717, 1.165) is 38.6 Å². The first-order valence-electron chi connectivity index (χ1n) is 7.62. The predicted octanol–water partition coefficient (Wildman–Crippen LogP) is 2.18. The molecule has 2 aliphatic rings. The molecule has 1 aliphatic carbocycles. The second-order valence-electron chi connectivity index (χ2n) is 5.98. The van der Waals surface area contributed by atoms with Gasteiger partial charge in [-0.25, -0.2) is 0 Å². The molecule has 1 unspecified atom stereocenters. The Hall–Kier alpha value is -1.55. The van der Waals surface area contributed by atoms with Crippen LogP contribution in [0.25, 0.3) is 0 Å². The van der Waals surface area contributed by atoms with E-state index in [9.17, 15) is 4.79 Å². The van der Waals surface area contributed by atoms with E-state index in [0.29, 0.717) is 12.1 Å². The summed E-state index contributed by atoms with van der Waals surface area (Å²) in [5, 5.41) is 7.24. The Kier molecular flexibility index (Phi) is 3.92. The van der Waals surface area contributed by atoms with Gasteiger partial charge in [-0.3, -0.25) is 4.79 Å². The number of carbonyl (C=O) groups excluding carboxylic acids is 1. The Labute approximate surface area is 120 Å². The lowest BCUT2D eigenvalue weighted by Crippen LogP contribution is -2.32. The van der Waals surface area contributed by atoms with E-state index >= 15 is 0 Å². The van der Waals surface area contributed by atoms with Gasteiger partial charge in [-0.05, 0) is 43.7 Å². The van der Waals surface area contributed by atoms with Gasteiger partial charge < -0.3 is 16.4 Å². The summed E-state index contributed by atoms with van der Waals surface area (Å²) in [5.41, 5.74) is 8.01. The highest BCUT2D eigenvalue weighted by Gasteiger charge is 2.30. The second-order valence-corrected chi connectivity index (χ2v) is 5.98. The van der Waals surface area contributed by atoms with Crippen molar-refractivity contribution in [3.8, 4) is 0 Å². The first-order valence-corrected chi connectivity index (χ1v) is 7.62. The van der Waals surface area contributed by atoms with E-state index in [2.05, 4.69) is 34.9 Å². The maximum Gasteiger partial charge on any atom is 0.220 e. The molecule has 0 bridgehead atoms. The molecule has 1 aliphatic heterocycles. The molecule has 108 valence electrons. The fraction of sp³-hybridized carbons (Fsp3) is 0.562. The van der Waals surface area contributed by atoms with Crippen LogP contribution in [0, 0.1) is 5.92 Å². The zero-order valence-electron chi connectivity index (χ0n) is 11.8. The van der Waals surface area contributed by atoms with Gasteiger partial charge in [0.05, 0.1) is 0 Å². The third kappa shape index (κ3) is 2.80. The number of anilines is 1. The van der Waals surface area contributed by atoms with E-state index in [1.165, 1.54) is 11.3 Å². The molecule has 1 saturated carbocycles. The average Bonchev–Trinajstić information content (AvgIpc) is 2.82. The summed E-state index contributed by atoms with van der Waals surface area (Å²) in [6.07, 6.45) is 5.18. The summed E-state index contributed by atoms with van der Waals surface area (Å²) in [6.45, 7) is 1.03. The highest BCUT2D eigenvalue weighted by molar-refractivity contribution is 5.77. The molecular formula is C16H23N3O. The van der Waals surface area contributed by atoms with Crippen molar-refractivity contribution in [2.24, 2.45) is 11.7 Å². The molecule has 0 saturated heterocycles. The zero-order chi connectivity index (χ0) is 13.9. The molecule has 20 heavy (non-hydrogen) atoms. The smallest absolute Gasteiger partial charge is 0.220 e. The van der Waals surface area contributed by atoms with Gasteiger partial charge in [0, 0.05) is 30.2 Å². The summed E-state index contributed by atoms with van der Waals surface area (Å²) in [7, 11) is 0. The number of nitrogens with one attached hydrogen (secondary N) is 2. The Bertz CT molecular complexity index is 488.